The van der Waals surface area contributed by atoms with Crippen LogP contribution in [0.1, 0.15) is 50.3 Å². The molecule has 1 aromatic rings. The molecule has 1 N–H and O–H groups in total. The summed E-state index contributed by atoms with van der Waals surface area (Å²) >= 11 is 0. The van der Waals surface area contributed by atoms with Gasteiger partial charge in [0.15, 0.2) is 5.82 Å². The molecule has 0 bridgehead atoms. The van der Waals surface area contributed by atoms with Crippen LogP contribution in [0.4, 0.5) is 0 Å². The molecule has 0 aliphatic carbocycles. The number of hydrogen-bond acceptors (Lipinski definition) is 4. The average Bonchev–Trinajstić information content (AvgIpc) is 2.95. The van der Waals surface area contributed by atoms with Gasteiger partial charge < -0.3 is 14.8 Å². The second-order valence-corrected chi connectivity index (χ2v) is 6.34. The van der Waals surface area contributed by atoms with Crippen molar-refractivity contribution in [3.63, 3.8) is 0 Å². The number of carbonyl (C=O) groups is 2. The molecule has 7 heteroatoms. The van der Waals surface area contributed by atoms with Crippen LogP contribution < -0.4 is 5.32 Å². The lowest BCUT2D eigenvalue weighted by Gasteiger charge is -2.17. The van der Waals surface area contributed by atoms with Crippen molar-refractivity contribution in [3.8, 4) is 0 Å². The molecule has 120 valence electrons. The Balaban J connectivity index is 1.67. The van der Waals surface area contributed by atoms with Crippen LogP contribution in [0.2, 0.25) is 0 Å². The van der Waals surface area contributed by atoms with Gasteiger partial charge in [0.25, 0.3) is 0 Å². The van der Waals surface area contributed by atoms with Crippen molar-refractivity contribution in [2.24, 2.45) is 5.92 Å². The quantitative estimate of drug-likeness (QED) is 0.889. The van der Waals surface area contributed by atoms with E-state index in [0.29, 0.717) is 13.0 Å². The second-order valence-electron chi connectivity index (χ2n) is 6.34. The Kier molecular flexibility index (Phi) is 4.13. The van der Waals surface area contributed by atoms with E-state index >= 15 is 0 Å². The summed E-state index contributed by atoms with van der Waals surface area (Å²) in [6, 6.07) is -0.187. The molecule has 2 aliphatic rings. The summed E-state index contributed by atoms with van der Waals surface area (Å²) in [5.74, 6) is 1.54. The van der Waals surface area contributed by atoms with Crippen LogP contribution in [-0.4, -0.2) is 45.1 Å². The van der Waals surface area contributed by atoms with Gasteiger partial charge in [-0.15, -0.1) is 10.2 Å². The third kappa shape index (κ3) is 2.84. The Labute approximate surface area is 130 Å². The van der Waals surface area contributed by atoms with Crippen LogP contribution in [0.15, 0.2) is 0 Å². The van der Waals surface area contributed by atoms with Crippen LogP contribution >= 0.6 is 0 Å². The second kappa shape index (κ2) is 6.06. The Bertz CT molecular complexity index is 582. The minimum atomic E-state index is -0.258. The molecule has 0 spiro atoms. The minimum absolute atomic E-state index is 0.0316. The zero-order valence-electron chi connectivity index (χ0n) is 13.2. The summed E-state index contributed by atoms with van der Waals surface area (Å²) in [5, 5.41) is 11.5. The van der Waals surface area contributed by atoms with Gasteiger partial charge >= 0.3 is 0 Å². The fourth-order valence-electron chi connectivity index (χ4n) is 3.26. The van der Waals surface area contributed by atoms with Gasteiger partial charge in [0.05, 0.1) is 12.0 Å². The molecule has 7 nitrogen and oxygen atoms in total. The largest absolute Gasteiger partial charge is 0.346 e. The van der Waals surface area contributed by atoms with Crippen LogP contribution in [0.25, 0.3) is 0 Å². The van der Waals surface area contributed by atoms with E-state index in [2.05, 4.69) is 20.1 Å². The first-order valence-electron chi connectivity index (χ1n) is 8.02. The Morgan fingerprint density at radius 2 is 2.14 bits per heavy atom. The summed E-state index contributed by atoms with van der Waals surface area (Å²) < 4.78 is 2.14. The zero-order valence-corrected chi connectivity index (χ0v) is 13.2. The third-order valence-electron chi connectivity index (χ3n) is 4.60. The van der Waals surface area contributed by atoms with E-state index in [1.807, 2.05) is 6.92 Å². The highest BCUT2D eigenvalue weighted by atomic mass is 16.2. The van der Waals surface area contributed by atoms with Crippen LogP contribution in [0.5, 0.6) is 0 Å². The predicted molar refractivity (Wildman–Crippen MR) is 79.9 cm³/mol. The number of aromatic nitrogens is 3. The summed E-state index contributed by atoms with van der Waals surface area (Å²) in [6.45, 7) is 3.35. The fraction of sp³-hybridized carbons (Fsp3) is 0.733. The van der Waals surface area contributed by atoms with Crippen molar-refractivity contribution in [1.82, 2.24) is 25.0 Å². The van der Waals surface area contributed by atoms with E-state index in [9.17, 15) is 9.59 Å². The highest BCUT2D eigenvalue weighted by Crippen LogP contribution is 2.21. The van der Waals surface area contributed by atoms with Gasteiger partial charge in [-0.1, -0.05) is 6.42 Å². The van der Waals surface area contributed by atoms with Crippen molar-refractivity contribution >= 4 is 11.8 Å². The minimum Gasteiger partial charge on any atom is -0.346 e. The number of rotatable bonds is 3. The summed E-state index contributed by atoms with van der Waals surface area (Å²) in [7, 11) is 1.73. The van der Waals surface area contributed by atoms with E-state index in [0.717, 1.165) is 37.5 Å². The van der Waals surface area contributed by atoms with Crippen molar-refractivity contribution in [2.75, 3.05) is 13.6 Å². The van der Waals surface area contributed by atoms with E-state index < -0.39 is 0 Å². The Hall–Kier alpha value is -1.92. The van der Waals surface area contributed by atoms with Crippen LogP contribution in [-0.2, 0) is 22.6 Å². The van der Waals surface area contributed by atoms with Gasteiger partial charge in [0.2, 0.25) is 11.8 Å². The summed E-state index contributed by atoms with van der Waals surface area (Å²) in [6.07, 6.45) is 4.73. The van der Waals surface area contributed by atoms with Crippen LogP contribution in [0, 0.1) is 5.92 Å². The molecule has 3 rings (SSSR count). The number of likely N-dealkylation sites (tertiary alicyclic amines) is 1. The molecule has 0 unspecified atom stereocenters. The van der Waals surface area contributed by atoms with Crippen molar-refractivity contribution in [1.29, 1.82) is 0 Å². The smallest absolute Gasteiger partial charge is 0.226 e. The van der Waals surface area contributed by atoms with Crippen molar-refractivity contribution in [2.45, 2.75) is 51.6 Å². The molecule has 3 heterocycles. The maximum atomic E-state index is 12.3. The number of carbonyl (C=O) groups excluding carboxylic acids is 2. The SMILES string of the molecule is C[C@H](NC(=O)[C@H]1CC(=O)N(C)C1)c1nnc2n1CCCCC2. The molecular formula is C15H23N5O2. The van der Waals surface area contributed by atoms with Crippen LogP contribution in [0.3, 0.4) is 0 Å². The maximum absolute atomic E-state index is 12.3. The number of nitrogens with zero attached hydrogens (tertiary/aromatic N) is 4. The summed E-state index contributed by atoms with van der Waals surface area (Å²) in [5.41, 5.74) is 0. The van der Waals surface area contributed by atoms with E-state index in [-0.39, 0.29) is 23.8 Å². The molecule has 0 radical (unpaired) electrons. The standard InChI is InChI=1S/C15H23N5O2/c1-10(16-15(22)11-8-13(21)19(2)9-11)14-18-17-12-6-4-3-5-7-20(12)14/h10-11H,3-9H2,1-2H3,(H,16,22)/t10-,11-/m0/s1. The van der Waals surface area contributed by atoms with Crippen molar-refractivity contribution < 1.29 is 9.59 Å². The molecule has 2 aliphatic heterocycles. The van der Waals surface area contributed by atoms with Gasteiger partial charge in [0, 0.05) is 33.0 Å². The van der Waals surface area contributed by atoms with Gasteiger partial charge in [-0.25, -0.2) is 0 Å². The molecule has 0 saturated carbocycles. The molecule has 22 heavy (non-hydrogen) atoms. The average molecular weight is 305 g/mol. The van der Waals surface area contributed by atoms with Gasteiger partial charge in [-0.05, 0) is 19.8 Å². The van der Waals surface area contributed by atoms with E-state index in [4.69, 9.17) is 0 Å². The number of aryl methyl sites for hydroxylation is 1. The first-order chi connectivity index (χ1) is 10.6. The zero-order chi connectivity index (χ0) is 15.7. The Morgan fingerprint density at radius 1 is 1.32 bits per heavy atom. The lowest BCUT2D eigenvalue weighted by Crippen LogP contribution is -2.35. The fourth-order valence-corrected chi connectivity index (χ4v) is 3.26. The van der Waals surface area contributed by atoms with Gasteiger partial charge in [-0.2, -0.15) is 0 Å². The molecule has 1 saturated heterocycles. The van der Waals surface area contributed by atoms with E-state index in [1.54, 1.807) is 11.9 Å². The third-order valence-corrected chi connectivity index (χ3v) is 4.60. The molecule has 2 amide bonds. The number of amides is 2. The number of hydrogen-bond donors (Lipinski definition) is 1. The van der Waals surface area contributed by atoms with Gasteiger partial charge in [-0.3, -0.25) is 9.59 Å². The maximum Gasteiger partial charge on any atom is 0.226 e. The first-order valence-corrected chi connectivity index (χ1v) is 8.02. The molecule has 0 aromatic carbocycles. The molecule has 1 fully saturated rings. The topological polar surface area (TPSA) is 80.1 Å². The highest BCUT2D eigenvalue weighted by molar-refractivity contribution is 5.89. The number of nitrogens with one attached hydrogen (secondary N) is 1. The first kappa shape index (κ1) is 15.0. The predicted octanol–water partition coefficient (Wildman–Crippen LogP) is 0.660. The van der Waals surface area contributed by atoms with E-state index in [1.165, 1.54) is 6.42 Å². The molecule has 1 aromatic heterocycles. The lowest BCUT2D eigenvalue weighted by molar-refractivity contribution is -0.128. The van der Waals surface area contributed by atoms with Gasteiger partial charge in [0.1, 0.15) is 5.82 Å². The lowest BCUT2D eigenvalue weighted by atomic mass is 10.1. The number of fused-ring (bicyclic) bond motifs is 1. The molecule has 2 atom stereocenters. The summed E-state index contributed by atoms with van der Waals surface area (Å²) in [4.78, 5) is 25.5. The normalized spacial score (nSPS) is 23.1. The monoisotopic (exact) mass is 305 g/mol. The molecular weight excluding hydrogens is 282 g/mol. The Morgan fingerprint density at radius 3 is 2.86 bits per heavy atom. The van der Waals surface area contributed by atoms with Crippen molar-refractivity contribution in [3.05, 3.63) is 11.6 Å². The highest BCUT2D eigenvalue weighted by Gasteiger charge is 2.33.